The van der Waals surface area contributed by atoms with Gasteiger partial charge >= 0.3 is 0 Å². The summed E-state index contributed by atoms with van der Waals surface area (Å²) in [5.74, 6) is -0.992. The predicted molar refractivity (Wildman–Crippen MR) is 125 cm³/mol. The standard InChI is InChI=1S/C26H30F2N4O2/c1-6-32(24(33)22-14(2)34-15(3)31-22)13-26-11-10-17(25(26,4)5)16(23(26)30)12-20(29)21-18(27)8-7-9-19(21)28/h7-9,12,17,29-30H,6,10-11,13H2,1-5H3/b16-12-,29-20?,30-23?/t17-,26-/m0/s1. The van der Waals surface area contributed by atoms with Crippen molar-refractivity contribution in [3.63, 3.8) is 0 Å². The number of aryl methyl sites for hydroxylation is 2. The van der Waals surface area contributed by atoms with Crippen LogP contribution in [0.4, 0.5) is 8.78 Å². The minimum absolute atomic E-state index is 0.0416. The van der Waals surface area contributed by atoms with Crippen molar-refractivity contribution in [3.05, 3.63) is 64.4 Å². The molecule has 2 fully saturated rings. The molecule has 0 unspecified atom stereocenters. The third-order valence-electron chi connectivity index (χ3n) is 7.87. The fraction of sp³-hybridized carbons (Fsp3) is 0.462. The van der Waals surface area contributed by atoms with Crippen LogP contribution in [0.25, 0.3) is 0 Å². The number of fused-ring (bicyclic) bond motifs is 2. The van der Waals surface area contributed by atoms with Crippen LogP contribution < -0.4 is 0 Å². The van der Waals surface area contributed by atoms with Crippen LogP contribution in [0.15, 0.2) is 34.3 Å². The van der Waals surface area contributed by atoms with Crippen molar-refractivity contribution in [3.8, 4) is 0 Å². The van der Waals surface area contributed by atoms with Crippen LogP contribution in [0.2, 0.25) is 0 Å². The van der Waals surface area contributed by atoms with E-state index in [1.807, 2.05) is 6.92 Å². The van der Waals surface area contributed by atoms with Crippen molar-refractivity contribution in [2.45, 2.75) is 47.5 Å². The van der Waals surface area contributed by atoms with Gasteiger partial charge in [0.15, 0.2) is 11.6 Å². The second-order valence-electron chi connectivity index (χ2n) is 9.84. The smallest absolute Gasteiger partial charge is 0.276 e. The van der Waals surface area contributed by atoms with Crippen LogP contribution in [-0.4, -0.2) is 40.3 Å². The molecular weight excluding hydrogens is 438 g/mol. The largest absolute Gasteiger partial charge is 0.445 e. The van der Waals surface area contributed by atoms with E-state index in [4.69, 9.17) is 15.2 Å². The average Bonchev–Trinajstić information content (AvgIpc) is 3.28. The number of aromatic nitrogens is 1. The van der Waals surface area contributed by atoms with Gasteiger partial charge in [-0.3, -0.25) is 4.79 Å². The summed E-state index contributed by atoms with van der Waals surface area (Å²) < 4.78 is 34.0. The molecule has 2 N–H and O–H groups in total. The highest BCUT2D eigenvalue weighted by atomic mass is 19.1. The molecule has 1 heterocycles. The molecule has 6 nitrogen and oxygen atoms in total. The first-order valence-electron chi connectivity index (χ1n) is 11.5. The van der Waals surface area contributed by atoms with E-state index in [9.17, 15) is 13.6 Å². The summed E-state index contributed by atoms with van der Waals surface area (Å²) in [7, 11) is 0. The SMILES string of the molecule is CCN(C[C@@]12CC[C@@H](/C(=C/C(=N)c3c(F)cccc3F)C1=N)C2(C)C)C(=O)c1nc(C)oc1C. The van der Waals surface area contributed by atoms with E-state index < -0.39 is 17.0 Å². The minimum Gasteiger partial charge on any atom is -0.445 e. The van der Waals surface area contributed by atoms with E-state index in [0.717, 1.165) is 25.0 Å². The maximum atomic E-state index is 14.3. The van der Waals surface area contributed by atoms with Gasteiger partial charge in [0.25, 0.3) is 5.91 Å². The van der Waals surface area contributed by atoms with Crippen LogP contribution in [-0.2, 0) is 0 Å². The monoisotopic (exact) mass is 468 g/mol. The number of hydrogen-bond donors (Lipinski definition) is 2. The van der Waals surface area contributed by atoms with Crippen LogP contribution in [0.3, 0.4) is 0 Å². The van der Waals surface area contributed by atoms with Crippen molar-refractivity contribution in [2.75, 3.05) is 13.1 Å². The summed E-state index contributed by atoms with van der Waals surface area (Å²) in [5, 5.41) is 17.5. The van der Waals surface area contributed by atoms with Gasteiger partial charge in [0, 0.05) is 31.1 Å². The Balaban J connectivity index is 1.69. The van der Waals surface area contributed by atoms with Gasteiger partial charge in [-0.1, -0.05) is 19.9 Å². The summed E-state index contributed by atoms with van der Waals surface area (Å²) in [4.78, 5) is 19.3. The van der Waals surface area contributed by atoms with Gasteiger partial charge in [-0.05, 0) is 61.8 Å². The fourth-order valence-electron chi connectivity index (χ4n) is 5.90. The third kappa shape index (κ3) is 3.42. The highest BCUT2D eigenvalue weighted by Crippen LogP contribution is 2.66. The Bertz CT molecular complexity index is 1210. The van der Waals surface area contributed by atoms with Crippen LogP contribution >= 0.6 is 0 Å². The number of allylic oxidation sites excluding steroid dienone is 2. The maximum Gasteiger partial charge on any atom is 0.276 e. The number of carbonyl (C=O) groups excluding carboxylic acids is 1. The first-order valence-corrected chi connectivity index (χ1v) is 11.5. The molecule has 2 saturated carbocycles. The zero-order chi connectivity index (χ0) is 25.0. The number of benzene rings is 1. The highest BCUT2D eigenvalue weighted by Gasteiger charge is 2.65. The van der Waals surface area contributed by atoms with Gasteiger partial charge in [-0.2, -0.15) is 0 Å². The lowest BCUT2D eigenvalue weighted by Gasteiger charge is -2.41. The molecule has 1 amide bonds. The summed E-state index contributed by atoms with van der Waals surface area (Å²) in [6.45, 7) is 10.2. The molecule has 0 saturated heterocycles. The van der Waals surface area contributed by atoms with E-state index in [1.54, 1.807) is 18.7 Å². The van der Waals surface area contributed by atoms with Crippen molar-refractivity contribution in [2.24, 2.45) is 16.7 Å². The molecule has 4 rings (SSSR count). The van der Waals surface area contributed by atoms with E-state index in [-0.39, 0.29) is 34.2 Å². The lowest BCUT2D eigenvalue weighted by atomic mass is 9.68. The Kier molecular flexibility index (Phi) is 5.82. The molecule has 0 spiro atoms. The molecule has 1 aromatic carbocycles. The topological polar surface area (TPSA) is 94.0 Å². The number of carbonyl (C=O) groups is 1. The number of nitrogens with zero attached hydrogens (tertiary/aromatic N) is 2. The fourth-order valence-corrected chi connectivity index (χ4v) is 5.90. The van der Waals surface area contributed by atoms with Crippen molar-refractivity contribution < 1.29 is 18.0 Å². The zero-order valence-corrected chi connectivity index (χ0v) is 20.2. The Morgan fingerprint density at radius 2 is 1.94 bits per heavy atom. The van der Waals surface area contributed by atoms with E-state index in [2.05, 4.69) is 18.8 Å². The lowest BCUT2D eigenvalue weighted by Crippen LogP contribution is -2.48. The Hall–Kier alpha value is -3.16. The first-order chi connectivity index (χ1) is 15.9. The van der Waals surface area contributed by atoms with Gasteiger partial charge in [-0.15, -0.1) is 0 Å². The minimum atomic E-state index is -0.799. The van der Waals surface area contributed by atoms with Crippen LogP contribution in [0, 0.1) is 53.0 Å². The number of nitrogens with one attached hydrogen (secondary N) is 2. The summed E-state index contributed by atoms with van der Waals surface area (Å²) in [6.07, 6.45) is 2.95. The van der Waals surface area contributed by atoms with Gasteiger partial charge in [0.1, 0.15) is 17.4 Å². The molecule has 2 aliphatic rings. The first kappa shape index (κ1) is 24.0. The van der Waals surface area contributed by atoms with Crippen molar-refractivity contribution in [1.82, 2.24) is 9.88 Å². The molecule has 0 aliphatic heterocycles. The number of oxazole rings is 1. The van der Waals surface area contributed by atoms with Gasteiger partial charge in [-0.25, -0.2) is 13.8 Å². The van der Waals surface area contributed by atoms with Gasteiger partial charge in [0.2, 0.25) is 0 Å². The highest BCUT2D eigenvalue weighted by molar-refractivity contribution is 6.15. The van der Waals surface area contributed by atoms with Crippen molar-refractivity contribution >= 4 is 17.3 Å². The van der Waals surface area contributed by atoms with E-state index in [1.165, 1.54) is 12.1 Å². The summed E-state index contributed by atoms with van der Waals surface area (Å²) >= 11 is 0. The third-order valence-corrected chi connectivity index (χ3v) is 7.87. The quantitative estimate of drug-likeness (QED) is 0.550. The second-order valence-corrected chi connectivity index (χ2v) is 9.84. The molecule has 0 radical (unpaired) electrons. The average molecular weight is 469 g/mol. The number of halogens is 2. The molecule has 2 bridgehead atoms. The second kappa shape index (κ2) is 8.25. The number of amides is 1. The molecule has 8 heteroatoms. The molecular formula is C26H30F2N4O2. The molecule has 2 atom stereocenters. The van der Waals surface area contributed by atoms with Crippen LogP contribution in [0.1, 0.15) is 61.3 Å². The number of hydrogen-bond acceptors (Lipinski definition) is 5. The van der Waals surface area contributed by atoms with Gasteiger partial charge < -0.3 is 20.1 Å². The molecule has 34 heavy (non-hydrogen) atoms. The number of rotatable bonds is 6. The van der Waals surface area contributed by atoms with Crippen molar-refractivity contribution in [1.29, 1.82) is 10.8 Å². The van der Waals surface area contributed by atoms with E-state index >= 15 is 0 Å². The Morgan fingerprint density at radius 1 is 1.29 bits per heavy atom. The molecule has 2 aliphatic carbocycles. The lowest BCUT2D eigenvalue weighted by molar-refractivity contribution is 0.0622. The zero-order valence-electron chi connectivity index (χ0n) is 20.2. The predicted octanol–water partition coefficient (Wildman–Crippen LogP) is 5.48. The van der Waals surface area contributed by atoms with Crippen LogP contribution in [0.5, 0.6) is 0 Å². The summed E-state index contributed by atoms with van der Waals surface area (Å²) in [6, 6.07) is 3.52. The molecule has 1 aromatic heterocycles. The summed E-state index contributed by atoms with van der Waals surface area (Å²) in [5.41, 5.74) is -0.427. The molecule has 2 aromatic rings. The molecule has 180 valence electrons. The normalized spacial score (nSPS) is 24.1. The Labute approximate surface area is 198 Å². The Morgan fingerprint density at radius 3 is 2.50 bits per heavy atom. The van der Waals surface area contributed by atoms with Gasteiger partial charge in [0.05, 0.1) is 11.3 Å². The maximum absolute atomic E-state index is 14.3. The van der Waals surface area contributed by atoms with E-state index in [0.29, 0.717) is 36.0 Å².